The zero-order valence-electron chi connectivity index (χ0n) is 9.67. The van der Waals surface area contributed by atoms with E-state index in [4.69, 9.17) is 4.42 Å². The number of oxazole rings is 1. The van der Waals surface area contributed by atoms with Crippen molar-refractivity contribution in [1.82, 2.24) is 0 Å². The van der Waals surface area contributed by atoms with E-state index in [9.17, 15) is 14.3 Å². The zero-order valence-corrected chi connectivity index (χ0v) is 9.67. The molecule has 0 saturated heterocycles. The first-order valence-corrected chi connectivity index (χ1v) is 5.57. The molecule has 3 aromatic rings. The van der Waals surface area contributed by atoms with Crippen molar-refractivity contribution < 1.29 is 23.1 Å². The Kier molecular flexibility index (Phi) is 2.52. The van der Waals surface area contributed by atoms with Gasteiger partial charge in [0.05, 0.1) is 0 Å². The number of pyridine rings is 1. The largest absolute Gasteiger partial charge is 0.540 e. The van der Waals surface area contributed by atoms with Crippen LogP contribution in [0, 0.1) is 5.82 Å². The summed E-state index contributed by atoms with van der Waals surface area (Å²) in [5.41, 5.74) is 0.428. The number of hydrogen-bond donors (Lipinski definition) is 0. The van der Waals surface area contributed by atoms with E-state index in [0.29, 0.717) is 0 Å². The number of carbonyl (C=O) groups excluding carboxylic acids is 1. The Balaban J connectivity index is 2.16. The van der Waals surface area contributed by atoms with E-state index < -0.39 is 17.5 Å². The number of carbonyl (C=O) groups is 1. The molecular formula is C14H8FNO3. The number of ketones is 1. The molecule has 19 heavy (non-hydrogen) atoms. The molecule has 0 aliphatic heterocycles. The summed E-state index contributed by atoms with van der Waals surface area (Å²) in [5.74, 6) is -1.65. The van der Waals surface area contributed by atoms with Crippen LogP contribution in [0.25, 0.3) is 5.71 Å². The van der Waals surface area contributed by atoms with E-state index in [1.165, 1.54) is 28.7 Å². The van der Waals surface area contributed by atoms with E-state index in [-0.39, 0.29) is 17.0 Å². The van der Waals surface area contributed by atoms with Crippen molar-refractivity contribution >= 4 is 11.5 Å². The zero-order chi connectivity index (χ0) is 13.4. The Bertz CT molecular complexity index is 762. The first-order valence-electron chi connectivity index (χ1n) is 5.57. The molecule has 0 atom stereocenters. The number of hydrogen-bond acceptors (Lipinski definition) is 3. The van der Waals surface area contributed by atoms with E-state index in [2.05, 4.69) is 0 Å². The standard InChI is InChI=1S/C14H8FNO3/c15-10-6-4-9(5-7-10)13(17)12-14(18)19-11-3-1-2-8-16(11)12/h1-8H. The molecule has 0 amide bonds. The molecule has 94 valence electrons. The van der Waals surface area contributed by atoms with Crippen molar-refractivity contribution in [2.75, 3.05) is 0 Å². The van der Waals surface area contributed by atoms with Crippen LogP contribution in [-0.2, 0) is 0 Å². The second-order valence-corrected chi connectivity index (χ2v) is 3.98. The first kappa shape index (κ1) is 11.4. The van der Waals surface area contributed by atoms with Gasteiger partial charge in [-0.2, -0.15) is 0 Å². The second kappa shape index (κ2) is 4.20. The predicted octanol–water partition coefficient (Wildman–Crippen LogP) is 1.46. The molecule has 4 nitrogen and oxygen atoms in total. The predicted molar refractivity (Wildman–Crippen MR) is 61.1 cm³/mol. The van der Waals surface area contributed by atoms with Gasteiger partial charge >= 0.3 is 0 Å². The van der Waals surface area contributed by atoms with Crippen molar-refractivity contribution in [2.24, 2.45) is 0 Å². The van der Waals surface area contributed by atoms with E-state index >= 15 is 0 Å². The maximum absolute atomic E-state index is 12.8. The minimum Gasteiger partial charge on any atom is -0.540 e. The minimum absolute atomic E-state index is 0.0952. The molecule has 0 aliphatic carbocycles. The second-order valence-electron chi connectivity index (χ2n) is 3.98. The highest BCUT2D eigenvalue weighted by Crippen LogP contribution is 2.18. The average Bonchev–Trinajstić information content (AvgIpc) is 2.74. The Morgan fingerprint density at radius 2 is 1.89 bits per heavy atom. The SMILES string of the molecule is O=C(c1ccc(F)cc1)c1c([O-])oc2cccc[n+]12. The number of halogens is 1. The Labute approximate surface area is 107 Å². The Hall–Kier alpha value is -2.69. The highest BCUT2D eigenvalue weighted by molar-refractivity contribution is 6.07. The number of nitrogens with zero attached hydrogens (tertiary/aromatic N) is 1. The lowest BCUT2D eigenvalue weighted by molar-refractivity contribution is -0.517. The third-order valence-electron chi connectivity index (χ3n) is 2.78. The van der Waals surface area contributed by atoms with Crippen LogP contribution in [0.3, 0.4) is 0 Å². The summed E-state index contributed by atoms with van der Waals surface area (Å²) in [7, 11) is 0. The van der Waals surface area contributed by atoms with E-state index in [0.717, 1.165) is 0 Å². The van der Waals surface area contributed by atoms with Crippen molar-refractivity contribution in [3.8, 4) is 5.95 Å². The molecule has 0 saturated carbocycles. The lowest BCUT2D eigenvalue weighted by Gasteiger charge is -1.97. The smallest absolute Gasteiger partial charge is 0.282 e. The van der Waals surface area contributed by atoms with Crippen molar-refractivity contribution in [3.63, 3.8) is 0 Å². The molecule has 2 aromatic heterocycles. The third kappa shape index (κ3) is 1.85. The number of fused-ring (bicyclic) bond motifs is 1. The maximum atomic E-state index is 12.8. The fourth-order valence-electron chi connectivity index (χ4n) is 1.88. The summed E-state index contributed by atoms with van der Waals surface area (Å²) < 4.78 is 19.2. The summed E-state index contributed by atoms with van der Waals surface area (Å²) in [6.07, 6.45) is 1.57. The summed E-state index contributed by atoms with van der Waals surface area (Å²) in [6, 6.07) is 9.98. The molecule has 1 aromatic carbocycles. The fourth-order valence-corrected chi connectivity index (χ4v) is 1.88. The highest BCUT2D eigenvalue weighted by Gasteiger charge is 2.24. The lowest BCUT2D eigenvalue weighted by atomic mass is 10.1. The van der Waals surface area contributed by atoms with Crippen LogP contribution in [-0.4, -0.2) is 5.78 Å². The van der Waals surface area contributed by atoms with Gasteiger partial charge in [0.15, 0.2) is 6.20 Å². The highest BCUT2D eigenvalue weighted by atomic mass is 19.1. The number of aromatic nitrogens is 1. The third-order valence-corrected chi connectivity index (χ3v) is 2.78. The monoisotopic (exact) mass is 257 g/mol. The van der Waals surface area contributed by atoms with Gasteiger partial charge in [-0.15, -0.1) is 4.40 Å². The molecule has 2 heterocycles. The van der Waals surface area contributed by atoms with Gasteiger partial charge in [0.25, 0.3) is 17.2 Å². The van der Waals surface area contributed by atoms with Crippen molar-refractivity contribution in [1.29, 1.82) is 0 Å². The van der Waals surface area contributed by atoms with Gasteiger partial charge in [0.2, 0.25) is 0 Å². The summed E-state index contributed by atoms with van der Waals surface area (Å²) in [4.78, 5) is 12.3. The minimum atomic E-state index is -0.708. The molecule has 0 aliphatic rings. The van der Waals surface area contributed by atoms with Crippen LogP contribution >= 0.6 is 0 Å². The van der Waals surface area contributed by atoms with E-state index in [1.54, 1.807) is 24.4 Å². The Morgan fingerprint density at radius 1 is 1.16 bits per heavy atom. The molecule has 0 bridgehead atoms. The molecule has 0 radical (unpaired) electrons. The summed E-state index contributed by atoms with van der Waals surface area (Å²) in [6.45, 7) is 0. The van der Waals surface area contributed by atoms with Gasteiger partial charge in [-0.3, -0.25) is 4.79 Å². The first-order chi connectivity index (χ1) is 9.16. The van der Waals surface area contributed by atoms with Crippen LogP contribution in [0.4, 0.5) is 4.39 Å². The van der Waals surface area contributed by atoms with Crippen LogP contribution in [0.2, 0.25) is 0 Å². The molecule has 3 rings (SSSR count). The average molecular weight is 257 g/mol. The topological polar surface area (TPSA) is 57.4 Å². The van der Waals surface area contributed by atoms with Gasteiger partial charge in [-0.05, 0) is 30.3 Å². The molecule has 0 unspecified atom stereocenters. The molecule has 0 spiro atoms. The maximum Gasteiger partial charge on any atom is 0.282 e. The lowest BCUT2D eigenvalue weighted by Crippen LogP contribution is -2.28. The molecule has 0 N–H and O–H groups in total. The van der Waals surface area contributed by atoms with E-state index in [1.807, 2.05) is 0 Å². The van der Waals surface area contributed by atoms with Crippen LogP contribution in [0.5, 0.6) is 5.95 Å². The van der Waals surface area contributed by atoms with Crippen LogP contribution in [0.1, 0.15) is 16.1 Å². The Morgan fingerprint density at radius 3 is 2.63 bits per heavy atom. The van der Waals surface area contributed by atoms with Gasteiger partial charge < -0.3 is 9.52 Å². The summed E-state index contributed by atoms with van der Waals surface area (Å²) in [5, 5.41) is 11.7. The molecular weight excluding hydrogens is 249 g/mol. The fraction of sp³-hybridized carbons (Fsp3) is 0. The van der Waals surface area contributed by atoms with Crippen LogP contribution in [0.15, 0.2) is 53.1 Å². The van der Waals surface area contributed by atoms with Gasteiger partial charge in [-0.25, -0.2) is 4.39 Å². The van der Waals surface area contributed by atoms with Gasteiger partial charge in [0.1, 0.15) is 11.8 Å². The van der Waals surface area contributed by atoms with Crippen molar-refractivity contribution in [2.45, 2.75) is 0 Å². The van der Waals surface area contributed by atoms with Crippen LogP contribution < -0.4 is 9.51 Å². The number of rotatable bonds is 2. The quantitative estimate of drug-likeness (QED) is 0.516. The number of benzene rings is 1. The van der Waals surface area contributed by atoms with Gasteiger partial charge in [-0.1, -0.05) is 0 Å². The van der Waals surface area contributed by atoms with Crippen molar-refractivity contribution in [3.05, 3.63) is 65.7 Å². The van der Waals surface area contributed by atoms with Gasteiger partial charge in [0, 0.05) is 17.7 Å². The summed E-state index contributed by atoms with van der Waals surface area (Å²) >= 11 is 0. The normalized spacial score (nSPS) is 10.8. The molecule has 0 fully saturated rings. The molecule has 5 heteroatoms.